The number of aromatic nitrogens is 3. The zero-order valence-electron chi connectivity index (χ0n) is 21.0. The Balaban J connectivity index is 1.54. The summed E-state index contributed by atoms with van der Waals surface area (Å²) in [6.07, 6.45) is 1.36. The molecule has 0 aliphatic heterocycles. The minimum atomic E-state index is -0.655. The lowest BCUT2D eigenvalue weighted by atomic mass is 10.1. The number of fused-ring (bicyclic) bond motifs is 1. The zero-order chi connectivity index (χ0) is 27.7. The minimum absolute atomic E-state index is 0.0788. The van der Waals surface area contributed by atoms with Gasteiger partial charge < -0.3 is 15.8 Å². The van der Waals surface area contributed by atoms with E-state index in [2.05, 4.69) is 15.3 Å². The van der Waals surface area contributed by atoms with Crippen LogP contribution < -0.4 is 21.3 Å². The molecule has 0 radical (unpaired) electrons. The predicted octanol–water partition coefficient (Wildman–Crippen LogP) is 5.32. The van der Waals surface area contributed by atoms with Crippen molar-refractivity contribution in [3.63, 3.8) is 0 Å². The van der Waals surface area contributed by atoms with Crippen LogP contribution in [0.3, 0.4) is 0 Å². The monoisotopic (exact) mass is 543 g/mol. The van der Waals surface area contributed by atoms with Crippen molar-refractivity contribution in [3.05, 3.63) is 112 Å². The SMILES string of the molecule is COc1ccc(-c2cnc(N)c(C(=O)NC(C)c3cc4cccc(Cl)c4c(=O)n3-c3ccccc3)n2)cc1F. The second kappa shape index (κ2) is 10.5. The maximum Gasteiger partial charge on any atom is 0.274 e. The summed E-state index contributed by atoms with van der Waals surface area (Å²) in [4.78, 5) is 35.4. The van der Waals surface area contributed by atoms with Crippen molar-refractivity contribution >= 4 is 34.1 Å². The summed E-state index contributed by atoms with van der Waals surface area (Å²) in [5, 5.41) is 4.22. The number of amides is 1. The number of nitrogens with two attached hydrogens (primary N) is 1. The van der Waals surface area contributed by atoms with Crippen LogP contribution in [-0.4, -0.2) is 27.6 Å². The summed E-state index contributed by atoms with van der Waals surface area (Å²) in [6, 6.07) is 19.7. The van der Waals surface area contributed by atoms with Gasteiger partial charge >= 0.3 is 0 Å². The summed E-state index contributed by atoms with van der Waals surface area (Å²) in [7, 11) is 1.37. The van der Waals surface area contributed by atoms with E-state index in [1.54, 1.807) is 43.3 Å². The van der Waals surface area contributed by atoms with Crippen molar-refractivity contribution in [2.75, 3.05) is 12.8 Å². The molecule has 0 spiro atoms. The Bertz CT molecular complexity index is 1780. The molecule has 2 heterocycles. The first-order valence-corrected chi connectivity index (χ1v) is 12.3. The lowest BCUT2D eigenvalue weighted by Crippen LogP contribution is -2.33. The van der Waals surface area contributed by atoms with Gasteiger partial charge in [-0.2, -0.15) is 0 Å². The number of anilines is 1. The van der Waals surface area contributed by atoms with Crippen LogP contribution in [-0.2, 0) is 0 Å². The Morgan fingerprint density at radius 3 is 2.59 bits per heavy atom. The van der Waals surface area contributed by atoms with Crippen LogP contribution in [0.5, 0.6) is 5.75 Å². The fourth-order valence-corrected chi connectivity index (χ4v) is 4.63. The topological polar surface area (TPSA) is 112 Å². The fraction of sp³-hybridized carbons (Fsp3) is 0.103. The molecule has 39 heavy (non-hydrogen) atoms. The summed E-state index contributed by atoms with van der Waals surface area (Å²) in [5.41, 5.74) is 7.34. The number of nitrogens with one attached hydrogen (secondary N) is 1. The molecule has 0 fully saturated rings. The number of hydrogen-bond donors (Lipinski definition) is 2. The average Bonchev–Trinajstić information content (AvgIpc) is 2.93. The molecule has 0 saturated heterocycles. The van der Waals surface area contributed by atoms with Gasteiger partial charge in [-0.25, -0.2) is 14.4 Å². The Labute approximate surface area is 227 Å². The van der Waals surface area contributed by atoms with Crippen LogP contribution in [0.4, 0.5) is 10.2 Å². The molecular formula is C29H23ClFN5O3. The van der Waals surface area contributed by atoms with E-state index in [0.29, 0.717) is 32.7 Å². The number of halogens is 2. The van der Waals surface area contributed by atoms with Crippen molar-refractivity contribution < 1.29 is 13.9 Å². The van der Waals surface area contributed by atoms with E-state index in [0.717, 1.165) is 0 Å². The summed E-state index contributed by atoms with van der Waals surface area (Å²) >= 11 is 6.38. The third kappa shape index (κ3) is 4.92. The molecule has 1 unspecified atom stereocenters. The van der Waals surface area contributed by atoms with Gasteiger partial charge in [-0.15, -0.1) is 0 Å². The maximum absolute atomic E-state index is 14.3. The van der Waals surface area contributed by atoms with Gasteiger partial charge in [0.15, 0.2) is 23.1 Å². The molecule has 5 aromatic rings. The summed E-state index contributed by atoms with van der Waals surface area (Å²) < 4.78 is 20.7. The van der Waals surface area contributed by atoms with Crippen molar-refractivity contribution in [1.29, 1.82) is 0 Å². The first-order valence-electron chi connectivity index (χ1n) is 12.0. The first-order chi connectivity index (χ1) is 18.8. The smallest absolute Gasteiger partial charge is 0.274 e. The van der Waals surface area contributed by atoms with E-state index >= 15 is 0 Å². The van der Waals surface area contributed by atoms with Gasteiger partial charge in [-0.1, -0.05) is 41.9 Å². The lowest BCUT2D eigenvalue weighted by Gasteiger charge is -2.21. The summed E-state index contributed by atoms with van der Waals surface area (Å²) in [6.45, 7) is 1.74. The molecule has 3 N–H and O–H groups in total. The van der Waals surface area contributed by atoms with Gasteiger partial charge in [0.2, 0.25) is 0 Å². The number of nitrogens with zero attached hydrogens (tertiary/aromatic N) is 3. The van der Waals surface area contributed by atoms with Gasteiger partial charge in [0.05, 0.1) is 35.5 Å². The number of pyridine rings is 1. The highest BCUT2D eigenvalue weighted by molar-refractivity contribution is 6.35. The number of carbonyl (C=O) groups is 1. The van der Waals surface area contributed by atoms with Crippen LogP contribution in [0.15, 0.2) is 83.8 Å². The van der Waals surface area contributed by atoms with Crippen molar-refractivity contribution in [3.8, 4) is 22.7 Å². The normalized spacial score (nSPS) is 11.8. The predicted molar refractivity (Wildman–Crippen MR) is 149 cm³/mol. The third-order valence-corrected chi connectivity index (χ3v) is 6.61. The highest BCUT2D eigenvalue weighted by atomic mass is 35.5. The molecule has 2 aromatic heterocycles. The molecule has 0 bridgehead atoms. The second-order valence-corrected chi connectivity index (χ2v) is 9.19. The Hall–Kier alpha value is -4.76. The quantitative estimate of drug-likeness (QED) is 0.300. The van der Waals surface area contributed by atoms with Gasteiger partial charge in [0.25, 0.3) is 11.5 Å². The van der Waals surface area contributed by atoms with Crippen molar-refractivity contribution in [1.82, 2.24) is 19.9 Å². The number of ether oxygens (including phenoxy) is 1. The van der Waals surface area contributed by atoms with Crippen LogP contribution in [0.1, 0.15) is 29.1 Å². The molecule has 0 saturated carbocycles. The molecule has 1 amide bonds. The molecule has 5 rings (SSSR count). The Morgan fingerprint density at radius 2 is 1.87 bits per heavy atom. The van der Waals surface area contributed by atoms with E-state index in [1.807, 2.05) is 24.3 Å². The van der Waals surface area contributed by atoms with E-state index < -0.39 is 17.8 Å². The van der Waals surface area contributed by atoms with E-state index in [9.17, 15) is 14.0 Å². The fourth-order valence-electron chi connectivity index (χ4n) is 4.37. The first kappa shape index (κ1) is 25.9. The van der Waals surface area contributed by atoms with E-state index in [4.69, 9.17) is 22.1 Å². The highest BCUT2D eigenvalue weighted by Gasteiger charge is 2.22. The summed E-state index contributed by atoms with van der Waals surface area (Å²) in [5.74, 6) is -1.21. The largest absolute Gasteiger partial charge is 0.494 e. The lowest BCUT2D eigenvalue weighted by molar-refractivity contribution is 0.0934. The number of benzene rings is 3. The molecule has 8 nitrogen and oxygen atoms in total. The number of rotatable bonds is 6. The van der Waals surface area contributed by atoms with Crippen LogP contribution in [0.2, 0.25) is 5.02 Å². The molecule has 0 aliphatic rings. The van der Waals surface area contributed by atoms with Crippen molar-refractivity contribution in [2.45, 2.75) is 13.0 Å². The molecule has 3 aromatic carbocycles. The second-order valence-electron chi connectivity index (χ2n) is 8.78. The van der Waals surface area contributed by atoms with Gasteiger partial charge in [-0.3, -0.25) is 14.2 Å². The Morgan fingerprint density at radius 1 is 1.10 bits per heavy atom. The van der Waals surface area contributed by atoms with Crippen molar-refractivity contribution in [2.24, 2.45) is 0 Å². The van der Waals surface area contributed by atoms with Gasteiger partial charge in [0, 0.05) is 16.9 Å². The highest BCUT2D eigenvalue weighted by Crippen LogP contribution is 2.27. The molecule has 1 atom stereocenters. The van der Waals surface area contributed by atoms with Gasteiger partial charge in [-0.05, 0) is 54.8 Å². The zero-order valence-corrected chi connectivity index (χ0v) is 21.7. The molecule has 10 heteroatoms. The number of carbonyl (C=O) groups excluding carboxylic acids is 1. The number of nitrogen functional groups attached to an aromatic ring is 1. The minimum Gasteiger partial charge on any atom is -0.494 e. The van der Waals surface area contributed by atoms with Crippen LogP contribution in [0.25, 0.3) is 27.7 Å². The number of para-hydroxylation sites is 1. The Kier molecular flexibility index (Phi) is 7.00. The number of methoxy groups -OCH3 is 1. The van der Waals surface area contributed by atoms with Crippen LogP contribution >= 0.6 is 11.6 Å². The maximum atomic E-state index is 14.3. The molecule has 0 aliphatic carbocycles. The molecule has 196 valence electrons. The molecular weight excluding hydrogens is 521 g/mol. The number of hydrogen-bond acceptors (Lipinski definition) is 6. The van der Waals surface area contributed by atoms with E-state index in [1.165, 1.54) is 30.0 Å². The third-order valence-electron chi connectivity index (χ3n) is 6.29. The van der Waals surface area contributed by atoms with E-state index in [-0.39, 0.29) is 28.5 Å². The standard InChI is InChI=1S/C29H23ClFN5O3/c1-16(23-14-18-7-6-10-20(30)25(18)29(38)36(23)19-8-4-3-5-9-19)34-28(37)26-27(32)33-15-22(35-26)17-11-12-24(39-2)21(31)13-17/h3-16H,1-2H3,(H2,32,33)(H,34,37). The van der Waals surface area contributed by atoms with Crippen LogP contribution in [0, 0.1) is 5.82 Å². The van der Waals surface area contributed by atoms with Gasteiger partial charge in [0.1, 0.15) is 0 Å². The average molecular weight is 544 g/mol.